The van der Waals surface area contributed by atoms with Crippen LogP contribution >= 0.6 is 0 Å². The quantitative estimate of drug-likeness (QED) is 0.687. The van der Waals surface area contributed by atoms with Crippen LogP contribution in [0.4, 0.5) is 8.78 Å². The maximum atomic E-state index is 12.8. The molecule has 0 N–H and O–H groups in total. The van der Waals surface area contributed by atoms with Crippen molar-refractivity contribution in [2.75, 3.05) is 0 Å². The molecule has 0 aliphatic carbocycles. The third-order valence-corrected chi connectivity index (χ3v) is 2.29. The van der Waals surface area contributed by atoms with Gasteiger partial charge in [-0.05, 0) is 30.0 Å². The normalized spacial score (nSPS) is 12.9. The van der Waals surface area contributed by atoms with Gasteiger partial charge in [0.2, 0.25) is 0 Å². The number of hydrogen-bond donors (Lipinski definition) is 0. The predicted octanol–water partition coefficient (Wildman–Crippen LogP) is 3.94. The van der Waals surface area contributed by atoms with Gasteiger partial charge in [-0.2, -0.15) is 0 Å². The number of halogens is 2. The summed E-state index contributed by atoms with van der Waals surface area (Å²) in [6, 6.07) is 3.73. The summed E-state index contributed by atoms with van der Waals surface area (Å²) in [5, 5.41) is 0. The van der Waals surface area contributed by atoms with Gasteiger partial charge in [0.25, 0.3) is 0 Å². The second kappa shape index (κ2) is 5.08. The van der Waals surface area contributed by atoms with Crippen LogP contribution in [-0.4, -0.2) is 0 Å². The van der Waals surface area contributed by atoms with Crippen molar-refractivity contribution >= 4 is 0 Å². The second-order valence-corrected chi connectivity index (χ2v) is 3.88. The van der Waals surface area contributed by atoms with Crippen molar-refractivity contribution < 1.29 is 8.78 Å². The topological polar surface area (TPSA) is 0 Å². The maximum Gasteiger partial charge on any atom is 0.126 e. The third-order valence-electron chi connectivity index (χ3n) is 2.29. The number of rotatable bonds is 4. The van der Waals surface area contributed by atoms with Gasteiger partial charge in [0, 0.05) is 6.07 Å². The lowest BCUT2D eigenvalue weighted by molar-refractivity contribution is 0.515. The molecular formula is C12H16F2. The molecule has 0 radical (unpaired) electrons. The van der Waals surface area contributed by atoms with Gasteiger partial charge in [0.05, 0.1) is 0 Å². The predicted molar refractivity (Wildman–Crippen MR) is 54.1 cm³/mol. The van der Waals surface area contributed by atoms with E-state index in [0.717, 1.165) is 30.9 Å². The van der Waals surface area contributed by atoms with E-state index >= 15 is 0 Å². The van der Waals surface area contributed by atoms with E-state index in [1.165, 1.54) is 12.1 Å². The lowest BCUT2D eigenvalue weighted by Crippen LogP contribution is -2.00. The highest BCUT2D eigenvalue weighted by atomic mass is 19.1. The minimum Gasteiger partial charge on any atom is -0.207 e. The van der Waals surface area contributed by atoms with Gasteiger partial charge >= 0.3 is 0 Å². The summed E-state index contributed by atoms with van der Waals surface area (Å²) in [4.78, 5) is 0. The molecule has 1 aromatic carbocycles. The van der Waals surface area contributed by atoms with E-state index in [1.807, 2.05) is 0 Å². The van der Waals surface area contributed by atoms with E-state index in [9.17, 15) is 8.78 Å². The molecule has 1 unspecified atom stereocenters. The molecule has 0 aliphatic heterocycles. The van der Waals surface area contributed by atoms with Crippen LogP contribution < -0.4 is 0 Å². The molecular weight excluding hydrogens is 182 g/mol. The molecule has 1 aromatic rings. The van der Waals surface area contributed by atoms with Crippen molar-refractivity contribution in [2.24, 2.45) is 5.92 Å². The van der Waals surface area contributed by atoms with E-state index in [1.54, 1.807) is 0 Å². The van der Waals surface area contributed by atoms with Crippen LogP contribution in [0.15, 0.2) is 18.2 Å². The molecule has 0 spiro atoms. The maximum absolute atomic E-state index is 12.8. The summed E-state index contributed by atoms with van der Waals surface area (Å²) in [6.45, 7) is 4.22. The van der Waals surface area contributed by atoms with Crippen LogP contribution in [0.5, 0.6) is 0 Å². The van der Waals surface area contributed by atoms with Crippen LogP contribution in [0.25, 0.3) is 0 Å². The highest BCUT2D eigenvalue weighted by molar-refractivity contribution is 5.18. The molecule has 78 valence electrons. The molecule has 0 aliphatic rings. The number of hydrogen-bond acceptors (Lipinski definition) is 0. The Morgan fingerprint density at radius 3 is 2.21 bits per heavy atom. The fraction of sp³-hybridized carbons (Fsp3) is 0.500. The third kappa shape index (κ3) is 3.44. The Kier molecular flexibility index (Phi) is 4.05. The zero-order valence-corrected chi connectivity index (χ0v) is 8.69. The fourth-order valence-electron chi connectivity index (χ4n) is 1.73. The largest absolute Gasteiger partial charge is 0.207 e. The Labute approximate surface area is 84.0 Å². The average molecular weight is 198 g/mol. The Bertz CT molecular complexity index is 274. The van der Waals surface area contributed by atoms with Crippen molar-refractivity contribution in [3.8, 4) is 0 Å². The zero-order valence-electron chi connectivity index (χ0n) is 8.69. The average Bonchev–Trinajstić information content (AvgIpc) is 2.01. The van der Waals surface area contributed by atoms with Gasteiger partial charge in [-0.3, -0.25) is 0 Å². The number of benzene rings is 1. The smallest absolute Gasteiger partial charge is 0.126 e. The second-order valence-electron chi connectivity index (χ2n) is 3.88. The molecule has 0 heterocycles. The summed E-state index contributed by atoms with van der Waals surface area (Å²) >= 11 is 0. The van der Waals surface area contributed by atoms with Gasteiger partial charge < -0.3 is 0 Å². The molecule has 0 aromatic heterocycles. The monoisotopic (exact) mass is 198 g/mol. The Balaban J connectivity index is 2.66. The van der Waals surface area contributed by atoms with Crippen LogP contribution in [0.1, 0.15) is 32.3 Å². The van der Waals surface area contributed by atoms with Crippen LogP contribution in [0.3, 0.4) is 0 Å². The van der Waals surface area contributed by atoms with Crippen molar-refractivity contribution in [1.82, 2.24) is 0 Å². The molecule has 1 atom stereocenters. The molecule has 0 bridgehead atoms. The van der Waals surface area contributed by atoms with Crippen molar-refractivity contribution in [3.05, 3.63) is 35.4 Å². The van der Waals surface area contributed by atoms with E-state index in [-0.39, 0.29) is 0 Å². The van der Waals surface area contributed by atoms with Crippen molar-refractivity contribution in [3.63, 3.8) is 0 Å². The van der Waals surface area contributed by atoms with E-state index in [4.69, 9.17) is 0 Å². The summed E-state index contributed by atoms with van der Waals surface area (Å²) < 4.78 is 25.6. The zero-order chi connectivity index (χ0) is 10.6. The summed E-state index contributed by atoms with van der Waals surface area (Å²) in [5.74, 6) is -0.478. The minimum absolute atomic E-state index is 0.483. The molecule has 0 fully saturated rings. The molecule has 0 amide bonds. The molecule has 0 saturated heterocycles. The molecule has 0 nitrogen and oxygen atoms in total. The van der Waals surface area contributed by atoms with Gasteiger partial charge in [-0.1, -0.05) is 26.7 Å². The standard InChI is InChI=1S/C12H16F2/c1-3-4-9(2)5-10-6-11(13)8-12(14)7-10/h6-9H,3-5H2,1-2H3. The summed E-state index contributed by atoms with van der Waals surface area (Å²) in [7, 11) is 0. The minimum atomic E-state index is -0.483. The van der Waals surface area contributed by atoms with Crippen molar-refractivity contribution in [1.29, 1.82) is 0 Å². The van der Waals surface area contributed by atoms with Gasteiger partial charge in [0.1, 0.15) is 11.6 Å². The first-order chi connectivity index (χ1) is 6.61. The van der Waals surface area contributed by atoms with Crippen LogP contribution in [0, 0.1) is 17.6 Å². The van der Waals surface area contributed by atoms with E-state index in [0.29, 0.717) is 5.92 Å². The van der Waals surface area contributed by atoms with Gasteiger partial charge in [0.15, 0.2) is 0 Å². The fourth-order valence-corrected chi connectivity index (χ4v) is 1.73. The SMILES string of the molecule is CCCC(C)Cc1cc(F)cc(F)c1. The van der Waals surface area contributed by atoms with Gasteiger partial charge in [-0.15, -0.1) is 0 Å². The lowest BCUT2D eigenvalue weighted by atomic mass is 9.97. The molecule has 0 saturated carbocycles. The van der Waals surface area contributed by atoms with Crippen LogP contribution in [0.2, 0.25) is 0 Å². The highest BCUT2D eigenvalue weighted by Gasteiger charge is 2.05. The van der Waals surface area contributed by atoms with Crippen molar-refractivity contribution in [2.45, 2.75) is 33.1 Å². The Morgan fingerprint density at radius 2 is 1.71 bits per heavy atom. The lowest BCUT2D eigenvalue weighted by Gasteiger charge is -2.09. The van der Waals surface area contributed by atoms with Crippen LogP contribution in [-0.2, 0) is 6.42 Å². The molecule has 14 heavy (non-hydrogen) atoms. The Hall–Kier alpha value is -0.920. The molecule has 1 rings (SSSR count). The first kappa shape index (κ1) is 11.2. The summed E-state index contributed by atoms with van der Waals surface area (Å²) in [6.07, 6.45) is 2.96. The van der Waals surface area contributed by atoms with Gasteiger partial charge in [-0.25, -0.2) is 8.78 Å². The summed E-state index contributed by atoms with van der Waals surface area (Å²) in [5.41, 5.74) is 0.753. The first-order valence-corrected chi connectivity index (χ1v) is 5.06. The Morgan fingerprint density at radius 1 is 1.14 bits per heavy atom. The first-order valence-electron chi connectivity index (χ1n) is 5.06. The van der Waals surface area contributed by atoms with E-state index < -0.39 is 11.6 Å². The highest BCUT2D eigenvalue weighted by Crippen LogP contribution is 2.15. The van der Waals surface area contributed by atoms with E-state index in [2.05, 4.69) is 13.8 Å². The molecule has 2 heteroatoms.